The van der Waals surface area contributed by atoms with Gasteiger partial charge in [0, 0.05) is 12.5 Å². The van der Waals surface area contributed by atoms with Crippen molar-refractivity contribution in [2.45, 2.75) is 52.1 Å². The van der Waals surface area contributed by atoms with Gasteiger partial charge in [-0.1, -0.05) is 0 Å². The molecule has 2 amide bonds. The lowest BCUT2D eigenvalue weighted by Crippen LogP contribution is -2.27. The highest BCUT2D eigenvalue weighted by Crippen LogP contribution is 2.43. The molecule has 0 bridgehead atoms. The maximum Gasteiger partial charge on any atom is 0.413 e. The van der Waals surface area contributed by atoms with E-state index in [0.717, 1.165) is 18.4 Å². The summed E-state index contributed by atoms with van der Waals surface area (Å²) in [6.07, 6.45) is 3.13. The molecule has 0 radical (unpaired) electrons. The lowest BCUT2D eigenvalue weighted by atomic mass is 10.1. The summed E-state index contributed by atoms with van der Waals surface area (Å²) in [4.78, 5) is 35.5. The molecular formula is C16H23N3O5. The summed E-state index contributed by atoms with van der Waals surface area (Å²) in [6, 6.07) is 1.86. The maximum atomic E-state index is 11.8. The average Bonchev–Trinajstić information content (AvgIpc) is 3.23. The number of nitrogens with zero attached hydrogens (tertiary/aromatic N) is 1. The first-order valence-corrected chi connectivity index (χ1v) is 7.51. The zero-order chi connectivity index (χ0) is 18.3. The number of pyridine rings is 1. The molecule has 0 spiro atoms. The molecule has 132 valence electrons. The Labute approximate surface area is 140 Å². The molecule has 1 fully saturated rings. The largest absolute Gasteiger partial charge is 0.483 e. The molecule has 2 rings (SSSR count). The van der Waals surface area contributed by atoms with Gasteiger partial charge >= 0.3 is 6.09 Å². The second-order valence-electron chi connectivity index (χ2n) is 6.35. The molecule has 0 saturated heterocycles. The Morgan fingerprint density at radius 3 is 2.38 bits per heavy atom. The van der Waals surface area contributed by atoms with E-state index >= 15 is 0 Å². The Kier molecular flexibility index (Phi) is 6.69. The van der Waals surface area contributed by atoms with E-state index in [-0.39, 0.29) is 12.4 Å². The van der Waals surface area contributed by atoms with Crippen LogP contribution in [0, 0.1) is 0 Å². The number of nitrogens with one attached hydrogen (secondary N) is 2. The first kappa shape index (κ1) is 19.4. The SMILES string of the molecule is CC(=O)Nc1cnc(NC(=O)OC(C)(C)C)c(C2CC2)c1.O=CO. The van der Waals surface area contributed by atoms with Crippen LogP contribution in [0.15, 0.2) is 12.3 Å². The van der Waals surface area contributed by atoms with Gasteiger partial charge in [0.1, 0.15) is 11.4 Å². The molecule has 8 nitrogen and oxygen atoms in total. The van der Waals surface area contributed by atoms with E-state index in [4.69, 9.17) is 14.6 Å². The molecule has 0 unspecified atom stereocenters. The summed E-state index contributed by atoms with van der Waals surface area (Å²) in [5.74, 6) is 0.739. The van der Waals surface area contributed by atoms with Crippen molar-refractivity contribution in [3.8, 4) is 0 Å². The molecule has 3 N–H and O–H groups in total. The molecule has 0 aromatic carbocycles. The number of amides is 2. The number of ether oxygens (including phenoxy) is 1. The number of anilines is 2. The Balaban J connectivity index is 0.000000891. The van der Waals surface area contributed by atoms with Crippen molar-refractivity contribution in [3.63, 3.8) is 0 Å². The van der Waals surface area contributed by atoms with E-state index < -0.39 is 11.7 Å². The van der Waals surface area contributed by atoms with Crippen LogP contribution in [-0.2, 0) is 14.3 Å². The monoisotopic (exact) mass is 337 g/mol. The number of aromatic nitrogens is 1. The van der Waals surface area contributed by atoms with Crippen molar-refractivity contribution in [1.29, 1.82) is 0 Å². The van der Waals surface area contributed by atoms with Gasteiger partial charge in [-0.25, -0.2) is 9.78 Å². The minimum absolute atomic E-state index is 0.147. The van der Waals surface area contributed by atoms with Crippen LogP contribution in [0.5, 0.6) is 0 Å². The van der Waals surface area contributed by atoms with Crippen LogP contribution >= 0.6 is 0 Å². The van der Waals surface area contributed by atoms with Crippen molar-refractivity contribution in [3.05, 3.63) is 17.8 Å². The topological polar surface area (TPSA) is 118 Å². The smallest absolute Gasteiger partial charge is 0.413 e. The molecule has 1 aromatic rings. The number of rotatable bonds is 3. The third kappa shape index (κ3) is 7.08. The normalized spacial score (nSPS) is 13.2. The zero-order valence-corrected chi connectivity index (χ0v) is 14.3. The summed E-state index contributed by atoms with van der Waals surface area (Å²) in [5.41, 5.74) is 1.02. The van der Waals surface area contributed by atoms with Crippen LogP contribution < -0.4 is 10.6 Å². The van der Waals surface area contributed by atoms with Crippen LogP contribution in [0.3, 0.4) is 0 Å². The minimum atomic E-state index is -0.556. The number of carbonyl (C=O) groups is 3. The van der Waals surface area contributed by atoms with Crippen LogP contribution in [0.25, 0.3) is 0 Å². The number of carboxylic acid groups (broad SMARTS) is 1. The van der Waals surface area contributed by atoms with E-state index in [0.29, 0.717) is 17.4 Å². The van der Waals surface area contributed by atoms with Crippen LogP contribution in [0.2, 0.25) is 0 Å². The molecule has 1 aromatic heterocycles. The summed E-state index contributed by atoms with van der Waals surface area (Å²) < 4.78 is 5.23. The summed E-state index contributed by atoms with van der Waals surface area (Å²) in [7, 11) is 0. The van der Waals surface area contributed by atoms with Gasteiger partial charge in [-0.2, -0.15) is 0 Å². The lowest BCUT2D eigenvalue weighted by Gasteiger charge is -2.20. The highest BCUT2D eigenvalue weighted by molar-refractivity contribution is 5.89. The van der Waals surface area contributed by atoms with Gasteiger partial charge in [0.05, 0.1) is 11.9 Å². The molecule has 1 aliphatic rings. The third-order valence-electron chi connectivity index (χ3n) is 2.87. The number of hydrogen-bond acceptors (Lipinski definition) is 5. The minimum Gasteiger partial charge on any atom is -0.483 e. The van der Waals surface area contributed by atoms with Crippen molar-refractivity contribution < 1.29 is 24.2 Å². The third-order valence-corrected chi connectivity index (χ3v) is 2.87. The van der Waals surface area contributed by atoms with E-state index in [1.54, 1.807) is 0 Å². The van der Waals surface area contributed by atoms with Crippen LogP contribution in [0.4, 0.5) is 16.3 Å². The van der Waals surface area contributed by atoms with Gasteiger partial charge < -0.3 is 15.2 Å². The molecule has 0 atom stereocenters. The molecule has 1 aliphatic carbocycles. The molecule has 24 heavy (non-hydrogen) atoms. The van der Waals surface area contributed by atoms with E-state index in [1.165, 1.54) is 13.1 Å². The lowest BCUT2D eigenvalue weighted by molar-refractivity contribution is -0.123. The summed E-state index contributed by atoms with van der Waals surface area (Å²) in [6.45, 7) is 6.62. The van der Waals surface area contributed by atoms with Crippen molar-refractivity contribution in [2.24, 2.45) is 0 Å². The van der Waals surface area contributed by atoms with Crippen molar-refractivity contribution in [1.82, 2.24) is 4.98 Å². The molecular weight excluding hydrogens is 314 g/mol. The Bertz CT molecular complexity index is 606. The predicted octanol–water partition coefficient (Wildman–Crippen LogP) is 2.97. The quantitative estimate of drug-likeness (QED) is 0.730. The van der Waals surface area contributed by atoms with E-state index in [2.05, 4.69) is 15.6 Å². The molecule has 8 heteroatoms. The first-order valence-electron chi connectivity index (χ1n) is 7.51. The van der Waals surface area contributed by atoms with Crippen molar-refractivity contribution in [2.75, 3.05) is 10.6 Å². The Hall–Kier alpha value is -2.64. The fourth-order valence-corrected chi connectivity index (χ4v) is 1.96. The van der Waals surface area contributed by atoms with Gasteiger partial charge in [-0.3, -0.25) is 14.9 Å². The predicted molar refractivity (Wildman–Crippen MR) is 89.1 cm³/mol. The molecule has 1 heterocycles. The number of hydrogen-bond donors (Lipinski definition) is 3. The first-order chi connectivity index (χ1) is 11.2. The van der Waals surface area contributed by atoms with Crippen molar-refractivity contribution >= 4 is 30.0 Å². The van der Waals surface area contributed by atoms with Gasteiger partial charge in [0.15, 0.2) is 0 Å². The second-order valence-corrected chi connectivity index (χ2v) is 6.35. The number of carbonyl (C=O) groups excluding carboxylic acids is 2. The average molecular weight is 337 g/mol. The van der Waals surface area contributed by atoms with E-state index in [1.807, 2.05) is 26.8 Å². The molecule has 1 saturated carbocycles. The van der Waals surface area contributed by atoms with E-state index in [9.17, 15) is 9.59 Å². The highest BCUT2D eigenvalue weighted by Gasteiger charge is 2.28. The fraction of sp³-hybridized carbons (Fsp3) is 0.500. The Morgan fingerprint density at radius 1 is 1.33 bits per heavy atom. The van der Waals surface area contributed by atoms with Gasteiger partial charge in [0.2, 0.25) is 5.91 Å². The Morgan fingerprint density at radius 2 is 1.92 bits per heavy atom. The highest BCUT2D eigenvalue weighted by atomic mass is 16.6. The fourth-order valence-electron chi connectivity index (χ4n) is 1.96. The standard InChI is InChI=1S/C15H21N3O3.CH2O2/c1-9(19)17-11-7-12(10-5-6-10)13(16-8-11)18-14(20)21-15(2,3)4;2-1-3/h7-8,10H,5-6H2,1-4H3,(H,17,19)(H,16,18,20);1H,(H,2,3). The molecule has 0 aliphatic heterocycles. The van der Waals surface area contributed by atoms with Crippen LogP contribution in [0.1, 0.15) is 52.0 Å². The summed E-state index contributed by atoms with van der Waals surface area (Å²) >= 11 is 0. The maximum absolute atomic E-state index is 11.8. The van der Waals surface area contributed by atoms with Crippen LogP contribution in [-0.4, -0.2) is 34.2 Å². The van der Waals surface area contributed by atoms with Gasteiger partial charge in [0.25, 0.3) is 6.47 Å². The second kappa shape index (κ2) is 8.28. The van der Waals surface area contributed by atoms with Gasteiger partial charge in [-0.15, -0.1) is 0 Å². The van der Waals surface area contributed by atoms with Gasteiger partial charge in [-0.05, 0) is 45.6 Å². The summed E-state index contributed by atoms with van der Waals surface area (Å²) in [5, 5.41) is 12.3. The zero-order valence-electron chi connectivity index (χ0n) is 14.3.